The fraction of sp³-hybridized carbons (Fsp3) is 0.381. The van der Waals surface area contributed by atoms with E-state index in [1.807, 2.05) is 48.5 Å². The number of nitrogens with one attached hydrogen (secondary N) is 2. The van der Waals surface area contributed by atoms with Crippen molar-refractivity contribution in [2.45, 2.75) is 16.6 Å². The number of carbonyl (C=O) groups is 1. The van der Waals surface area contributed by atoms with Crippen molar-refractivity contribution in [2.24, 2.45) is 0 Å². The first-order chi connectivity index (χ1) is 12.8. The third-order valence-electron chi connectivity index (χ3n) is 4.50. The van der Waals surface area contributed by atoms with E-state index < -0.39 is 0 Å². The lowest BCUT2D eigenvalue weighted by molar-refractivity contribution is -0.120. The molecule has 1 atom stereocenters. The molecule has 0 saturated carbocycles. The van der Waals surface area contributed by atoms with E-state index in [1.165, 1.54) is 0 Å². The number of carbonyl (C=O) groups excluding carboxylic acids is 1. The van der Waals surface area contributed by atoms with E-state index in [-0.39, 0.29) is 11.2 Å². The van der Waals surface area contributed by atoms with Gasteiger partial charge >= 0.3 is 0 Å². The van der Waals surface area contributed by atoms with Gasteiger partial charge in [0, 0.05) is 37.6 Å². The van der Waals surface area contributed by atoms with Crippen LogP contribution in [0.4, 0.5) is 0 Å². The lowest BCUT2D eigenvalue weighted by Crippen LogP contribution is -2.44. The second-order valence-corrected chi connectivity index (χ2v) is 7.64. The highest BCUT2D eigenvalue weighted by molar-refractivity contribution is 8.00. The maximum Gasteiger partial charge on any atom is 0.237 e. The van der Waals surface area contributed by atoms with E-state index in [1.54, 1.807) is 11.8 Å². The van der Waals surface area contributed by atoms with E-state index in [0.29, 0.717) is 0 Å². The highest BCUT2D eigenvalue weighted by Gasteiger charge is 2.21. The number of benzene rings is 2. The topological polar surface area (TPSA) is 44.4 Å². The standard InChI is InChI=1S/C21H27N3OS/c25-21(23-12-7-15-24-16-13-22-14-17-24)20(18-8-3-1-4-9-18)26-19-10-5-2-6-11-19/h1-6,8-11,20,22H,7,12-17H2,(H,23,25). The molecule has 1 heterocycles. The predicted octanol–water partition coefficient (Wildman–Crippen LogP) is 2.93. The molecule has 5 heteroatoms. The van der Waals surface area contributed by atoms with Gasteiger partial charge in [-0.3, -0.25) is 4.79 Å². The fourth-order valence-electron chi connectivity index (χ4n) is 3.08. The normalized spacial score (nSPS) is 16.2. The first-order valence-corrected chi connectivity index (χ1v) is 10.2. The molecule has 1 unspecified atom stereocenters. The van der Waals surface area contributed by atoms with Gasteiger partial charge < -0.3 is 15.5 Å². The van der Waals surface area contributed by atoms with Crippen LogP contribution in [0.1, 0.15) is 17.2 Å². The van der Waals surface area contributed by atoms with Gasteiger partial charge in [-0.05, 0) is 30.7 Å². The highest BCUT2D eigenvalue weighted by atomic mass is 32.2. The smallest absolute Gasteiger partial charge is 0.237 e. The van der Waals surface area contributed by atoms with Crippen molar-refractivity contribution in [1.29, 1.82) is 0 Å². The molecule has 1 saturated heterocycles. The quantitative estimate of drug-likeness (QED) is 0.555. The van der Waals surface area contributed by atoms with E-state index in [0.717, 1.165) is 56.1 Å². The summed E-state index contributed by atoms with van der Waals surface area (Å²) < 4.78 is 0. The van der Waals surface area contributed by atoms with Crippen molar-refractivity contribution in [2.75, 3.05) is 39.3 Å². The van der Waals surface area contributed by atoms with Crippen LogP contribution >= 0.6 is 11.8 Å². The average molecular weight is 370 g/mol. The van der Waals surface area contributed by atoms with Crippen LogP contribution in [0.15, 0.2) is 65.6 Å². The Morgan fingerprint density at radius 2 is 1.69 bits per heavy atom. The SMILES string of the molecule is O=C(NCCCN1CCNCC1)C(Sc1ccccc1)c1ccccc1. The molecule has 1 amide bonds. The largest absolute Gasteiger partial charge is 0.355 e. The van der Waals surface area contributed by atoms with Crippen molar-refractivity contribution in [3.05, 3.63) is 66.2 Å². The van der Waals surface area contributed by atoms with Gasteiger partial charge in [-0.15, -0.1) is 11.8 Å². The number of rotatable bonds is 8. The summed E-state index contributed by atoms with van der Waals surface area (Å²) >= 11 is 1.61. The summed E-state index contributed by atoms with van der Waals surface area (Å²) in [6, 6.07) is 20.2. The summed E-state index contributed by atoms with van der Waals surface area (Å²) in [5.41, 5.74) is 1.04. The first kappa shape index (κ1) is 19.0. The minimum Gasteiger partial charge on any atom is -0.355 e. The minimum absolute atomic E-state index is 0.0883. The Morgan fingerprint density at radius 3 is 2.38 bits per heavy atom. The minimum atomic E-state index is -0.224. The number of thioether (sulfide) groups is 1. The molecule has 1 aliphatic heterocycles. The molecule has 1 fully saturated rings. The molecule has 2 aromatic rings. The molecule has 4 nitrogen and oxygen atoms in total. The van der Waals surface area contributed by atoms with Gasteiger partial charge in [0.25, 0.3) is 0 Å². The number of nitrogens with zero attached hydrogens (tertiary/aromatic N) is 1. The zero-order valence-corrected chi connectivity index (χ0v) is 15.9. The van der Waals surface area contributed by atoms with E-state index in [4.69, 9.17) is 0 Å². The molecule has 0 bridgehead atoms. The van der Waals surface area contributed by atoms with Crippen molar-refractivity contribution in [1.82, 2.24) is 15.5 Å². The molecular weight excluding hydrogens is 342 g/mol. The molecule has 0 radical (unpaired) electrons. The van der Waals surface area contributed by atoms with Gasteiger partial charge in [-0.1, -0.05) is 48.5 Å². The van der Waals surface area contributed by atoms with Gasteiger partial charge in [-0.2, -0.15) is 0 Å². The van der Waals surface area contributed by atoms with Gasteiger partial charge in [-0.25, -0.2) is 0 Å². The number of piperazine rings is 1. The highest BCUT2D eigenvalue weighted by Crippen LogP contribution is 2.35. The molecule has 0 spiro atoms. The fourth-order valence-corrected chi connectivity index (χ4v) is 4.15. The van der Waals surface area contributed by atoms with Crippen LogP contribution in [-0.2, 0) is 4.79 Å². The molecule has 1 aliphatic rings. The Labute approximate surface area is 160 Å². The van der Waals surface area contributed by atoms with Gasteiger partial charge in [0.2, 0.25) is 5.91 Å². The Hall–Kier alpha value is -1.82. The second-order valence-electron chi connectivity index (χ2n) is 6.46. The maximum absolute atomic E-state index is 12.8. The Bertz CT molecular complexity index is 659. The first-order valence-electron chi connectivity index (χ1n) is 9.30. The zero-order chi connectivity index (χ0) is 18.0. The van der Waals surface area contributed by atoms with E-state index in [9.17, 15) is 4.79 Å². The Balaban J connectivity index is 1.54. The van der Waals surface area contributed by atoms with Crippen LogP contribution in [0.3, 0.4) is 0 Å². The summed E-state index contributed by atoms with van der Waals surface area (Å²) in [6.45, 7) is 6.10. The van der Waals surface area contributed by atoms with E-state index in [2.05, 4.69) is 27.7 Å². The lowest BCUT2D eigenvalue weighted by Gasteiger charge is -2.27. The van der Waals surface area contributed by atoms with Crippen molar-refractivity contribution in [3.8, 4) is 0 Å². The molecule has 3 rings (SSSR count). The molecule has 0 aliphatic carbocycles. The average Bonchev–Trinajstić information content (AvgIpc) is 2.71. The number of hydrogen-bond donors (Lipinski definition) is 2. The Kier molecular flexibility index (Phi) is 7.55. The van der Waals surface area contributed by atoms with Crippen molar-refractivity contribution < 1.29 is 4.79 Å². The number of hydrogen-bond acceptors (Lipinski definition) is 4. The monoisotopic (exact) mass is 369 g/mol. The van der Waals surface area contributed by atoms with Gasteiger partial charge in [0.05, 0.1) is 0 Å². The predicted molar refractivity (Wildman–Crippen MR) is 108 cm³/mol. The molecule has 0 aromatic heterocycles. The van der Waals surface area contributed by atoms with Crippen LogP contribution in [-0.4, -0.2) is 50.1 Å². The lowest BCUT2D eigenvalue weighted by atomic mass is 10.1. The van der Waals surface area contributed by atoms with Crippen LogP contribution in [0, 0.1) is 0 Å². The molecule has 138 valence electrons. The van der Waals surface area contributed by atoms with Crippen molar-refractivity contribution >= 4 is 17.7 Å². The molecule has 26 heavy (non-hydrogen) atoms. The summed E-state index contributed by atoms with van der Waals surface area (Å²) in [5, 5.41) is 6.28. The van der Waals surface area contributed by atoms with Crippen LogP contribution in [0.2, 0.25) is 0 Å². The zero-order valence-electron chi connectivity index (χ0n) is 15.1. The molecular formula is C21H27N3OS. The van der Waals surface area contributed by atoms with Crippen LogP contribution in [0.5, 0.6) is 0 Å². The molecule has 2 aromatic carbocycles. The van der Waals surface area contributed by atoms with Crippen LogP contribution < -0.4 is 10.6 Å². The summed E-state index contributed by atoms with van der Waals surface area (Å²) in [7, 11) is 0. The Morgan fingerprint density at radius 1 is 1.04 bits per heavy atom. The summed E-state index contributed by atoms with van der Waals surface area (Å²) in [6.07, 6.45) is 0.989. The third kappa shape index (κ3) is 5.87. The molecule has 2 N–H and O–H groups in total. The third-order valence-corrected chi connectivity index (χ3v) is 5.76. The number of amides is 1. The van der Waals surface area contributed by atoms with Gasteiger partial charge in [0.15, 0.2) is 0 Å². The maximum atomic E-state index is 12.8. The van der Waals surface area contributed by atoms with Crippen molar-refractivity contribution in [3.63, 3.8) is 0 Å². The van der Waals surface area contributed by atoms with E-state index >= 15 is 0 Å². The second kappa shape index (κ2) is 10.4. The summed E-state index contributed by atoms with van der Waals surface area (Å²) in [4.78, 5) is 16.4. The van der Waals surface area contributed by atoms with Crippen LogP contribution in [0.25, 0.3) is 0 Å². The summed E-state index contributed by atoms with van der Waals surface area (Å²) in [5.74, 6) is 0.0883. The van der Waals surface area contributed by atoms with Gasteiger partial charge in [0.1, 0.15) is 5.25 Å².